The summed E-state index contributed by atoms with van der Waals surface area (Å²) in [6, 6.07) is 13.0. The zero-order valence-electron chi connectivity index (χ0n) is 12.5. The first-order valence-electron chi connectivity index (χ1n) is 7.10. The van der Waals surface area contributed by atoms with Crippen molar-refractivity contribution in [3.05, 3.63) is 59.7 Å². The van der Waals surface area contributed by atoms with Crippen LogP contribution in [-0.2, 0) is 6.18 Å². The Bertz CT molecular complexity index is 692. The Labute approximate surface area is 137 Å². The van der Waals surface area contributed by atoms with Crippen molar-refractivity contribution in [3.63, 3.8) is 0 Å². The maximum Gasteiger partial charge on any atom is 0.416 e. The summed E-state index contributed by atoms with van der Waals surface area (Å²) in [6.45, 7) is 0.140. The Morgan fingerprint density at radius 3 is 2.25 bits per heavy atom. The highest BCUT2D eigenvalue weighted by molar-refractivity contribution is 5.47. The average molecular weight is 336 g/mol. The Kier molecular flexibility index (Phi) is 5.66. The number of alkyl halides is 3. The number of aliphatic hydroxyl groups is 1. The second-order valence-electron chi connectivity index (χ2n) is 5.06. The van der Waals surface area contributed by atoms with Gasteiger partial charge in [0.05, 0.1) is 17.2 Å². The van der Waals surface area contributed by atoms with Crippen LogP contribution in [0, 0.1) is 11.3 Å². The van der Waals surface area contributed by atoms with Crippen LogP contribution in [0.4, 0.5) is 18.9 Å². The minimum Gasteiger partial charge on any atom is -0.491 e. The Morgan fingerprint density at radius 1 is 1.08 bits per heavy atom. The number of aliphatic hydroxyl groups excluding tert-OH is 1. The minimum atomic E-state index is -4.39. The van der Waals surface area contributed by atoms with Crippen LogP contribution in [0.2, 0.25) is 0 Å². The van der Waals surface area contributed by atoms with E-state index in [-0.39, 0.29) is 18.9 Å². The molecular weight excluding hydrogens is 321 g/mol. The van der Waals surface area contributed by atoms with E-state index in [4.69, 9.17) is 10.00 Å². The highest BCUT2D eigenvalue weighted by Crippen LogP contribution is 2.30. The summed E-state index contributed by atoms with van der Waals surface area (Å²) < 4.78 is 42.6. The van der Waals surface area contributed by atoms with Gasteiger partial charge in [0.1, 0.15) is 18.5 Å². The molecule has 2 aromatic rings. The van der Waals surface area contributed by atoms with Crippen molar-refractivity contribution in [1.82, 2.24) is 0 Å². The molecule has 0 aliphatic rings. The zero-order chi connectivity index (χ0) is 17.6. The fraction of sp³-hybridized carbons (Fsp3) is 0.235. The summed E-state index contributed by atoms with van der Waals surface area (Å²) in [7, 11) is 0. The lowest BCUT2D eigenvalue weighted by molar-refractivity contribution is -0.137. The van der Waals surface area contributed by atoms with E-state index in [1.807, 2.05) is 6.07 Å². The Balaban J connectivity index is 1.78. The number of hydrogen-bond donors (Lipinski definition) is 2. The number of nitrogens with zero attached hydrogens (tertiary/aromatic N) is 1. The van der Waals surface area contributed by atoms with Crippen molar-refractivity contribution in [2.45, 2.75) is 12.3 Å². The van der Waals surface area contributed by atoms with E-state index in [2.05, 4.69) is 5.32 Å². The maximum atomic E-state index is 12.4. The van der Waals surface area contributed by atoms with Gasteiger partial charge in [-0.2, -0.15) is 18.4 Å². The molecule has 2 rings (SSSR count). The smallest absolute Gasteiger partial charge is 0.416 e. The van der Waals surface area contributed by atoms with Gasteiger partial charge in [-0.3, -0.25) is 0 Å². The molecule has 1 unspecified atom stereocenters. The fourth-order valence-corrected chi connectivity index (χ4v) is 1.89. The number of rotatable bonds is 6. The number of hydrogen-bond acceptors (Lipinski definition) is 4. The van der Waals surface area contributed by atoms with Gasteiger partial charge in [-0.15, -0.1) is 0 Å². The van der Waals surface area contributed by atoms with Gasteiger partial charge in [-0.25, -0.2) is 0 Å². The van der Waals surface area contributed by atoms with Gasteiger partial charge in [-0.05, 0) is 48.5 Å². The van der Waals surface area contributed by atoms with Crippen molar-refractivity contribution in [2.24, 2.45) is 0 Å². The molecule has 0 aliphatic heterocycles. The number of nitriles is 1. The third kappa shape index (κ3) is 5.18. The molecule has 4 nitrogen and oxygen atoms in total. The molecule has 1 atom stereocenters. The predicted molar refractivity (Wildman–Crippen MR) is 82.6 cm³/mol. The average Bonchev–Trinajstić information content (AvgIpc) is 2.58. The molecule has 24 heavy (non-hydrogen) atoms. The maximum absolute atomic E-state index is 12.4. The largest absolute Gasteiger partial charge is 0.491 e. The molecule has 2 N–H and O–H groups in total. The first-order valence-corrected chi connectivity index (χ1v) is 7.10. The van der Waals surface area contributed by atoms with E-state index in [0.29, 0.717) is 5.56 Å². The van der Waals surface area contributed by atoms with Crippen LogP contribution in [0.15, 0.2) is 48.5 Å². The molecule has 0 aliphatic carbocycles. The Morgan fingerprint density at radius 2 is 1.71 bits per heavy atom. The second kappa shape index (κ2) is 7.70. The van der Waals surface area contributed by atoms with Crippen LogP contribution in [0.3, 0.4) is 0 Å². The van der Waals surface area contributed by atoms with Crippen molar-refractivity contribution in [2.75, 3.05) is 18.5 Å². The molecule has 0 fully saturated rings. The summed E-state index contributed by atoms with van der Waals surface area (Å²) in [6.07, 6.45) is -5.23. The number of nitrogens with one attached hydrogen (secondary N) is 1. The SMILES string of the molecule is N#Cc1ccc(NCC(O)COc2ccc(C(F)(F)F)cc2)cc1. The fourth-order valence-electron chi connectivity index (χ4n) is 1.89. The number of anilines is 1. The first kappa shape index (κ1) is 17.6. The van der Waals surface area contributed by atoms with E-state index >= 15 is 0 Å². The van der Waals surface area contributed by atoms with Crippen LogP contribution in [-0.4, -0.2) is 24.4 Å². The highest BCUT2D eigenvalue weighted by Gasteiger charge is 2.30. The monoisotopic (exact) mass is 336 g/mol. The van der Waals surface area contributed by atoms with Crippen LogP contribution in [0.25, 0.3) is 0 Å². The van der Waals surface area contributed by atoms with Crippen molar-refractivity contribution >= 4 is 5.69 Å². The topological polar surface area (TPSA) is 65.3 Å². The van der Waals surface area contributed by atoms with E-state index in [1.165, 1.54) is 12.1 Å². The van der Waals surface area contributed by atoms with Crippen molar-refractivity contribution in [1.29, 1.82) is 5.26 Å². The van der Waals surface area contributed by atoms with Gasteiger partial charge in [0, 0.05) is 12.2 Å². The van der Waals surface area contributed by atoms with E-state index in [0.717, 1.165) is 17.8 Å². The number of ether oxygens (including phenoxy) is 1. The van der Waals surface area contributed by atoms with Crippen molar-refractivity contribution in [3.8, 4) is 11.8 Å². The molecule has 126 valence electrons. The summed E-state index contributed by atoms with van der Waals surface area (Å²) in [5.74, 6) is 0.250. The molecule has 0 amide bonds. The zero-order valence-corrected chi connectivity index (χ0v) is 12.5. The van der Waals surface area contributed by atoms with Crippen LogP contribution < -0.4 is 10.1 Å². The normalized spacial score (nSPS) is 12.3. The van der Waals surface area contributed by atoms with Gasteiger partial charge in [0.15, 0.2) is 0 Å². The summed E-state index contributed by atoms with van der Waals surface area (Å²) in [4.78, 5) is 0. The second-order valence-corrected chi connectivity index (χ2v) is 5.06. The van der Waals surface area contributed by atoms with E-state index < -0.39 is 17.8 Å². The third-order valence-electron chi connectivity index (χ3n) is 3.18. The molecule has 2 aromatic carbocycles. The third-order valence-corrected chi connectivity index (χ3v) is 3.18. The number of benzene rings is 2. The summed E-state index contributed by atoms with van der Waals surface area (Å²) in [5.41, 5.74) is 0.521. The lowest BCUT2D eigenvalue weighted by Gasteiger charge is -2.14. The van der Waals surface area contributed by atoms with Gasteiger partial charge in [0.25, 0.3) is 0 Å². The molecule has 0 aromatic heterocycles. The van der Waals surface area contributed by atoms with Crippen LogP contribution in [0.1, 0.15) is 11.1 Å². The molecule has 0 bridgehead atoms. The molecule has 0 saturated carbocycles. The van der Waals surface area contributed by atoms with Gasteiger partial charge >= 0.3 is 6.18 Å². The molecule has 0 saturated heterocycles. The van der Waals surface area contributed by atoms with Gasteiger partial charge in [0.2, 0.25) is 0 Å². The number of halogens is 3. The standard InChI is InChI=1S/C17H15F3N2O2/c18-17(19,20)13-3-7-16(8-4-13)24-11-15(23)10-22-14-5-1-12(9-21)2-6-14/h1-8,15,22-23H,10-11H2. The first-order chi connectivity index (χ1) is 11.4. The molecule has 0 heterocycles. The molecule has 0 radical (unpaired) electrons. The van der Waals surface area contributed by atoms with E-state index in [9.17, 15) is 18.3 Å². The summed E-state index contributed by atoms with van der Waals surface area (Å²) in [5, 5.41) is 21.5. The van der Waals surface area contributed by atoms with Gasteiger partial charge in [-0.1, -0.05) is 0 Å². The predicted octanol–water partition coefficient (Wildman–Crippen LogP) is 3.43. The van der Waals surface area contributed by atoms with Crippen molar-refractivity contribution < 1.29 is 23.0 Å². The quantitative estimate of drug-likeness (QED) is 0.848. The molecule has 0 spiro atoms. The summed E-state index contributed by atoms with van der Waals surface area (Å²) >= 11 is 0. The van der Waals surface area contributed by atoms with Crippen LogP contribution >= 0.6 is 0 Å². The minimum absolute atomic E-state index is 0.0609. The molecular formula is C17H15F3N2O2. The van der Waals surface area contributed by atoms with E-state index in [1.54, 1.807) is 24.3 Å². The van der Waals surface area contributed by atoms with Gasteiger partial charge < -0.3 is 15.2 Å². The Hall–Kier alpha value is -2.72. The lowest BCUT2D eigenvalue weighted by atomic mass is 10.2. The highest BCUT2D eigenvalue weighted by atomic mass is 19.4. The lowest BCUT2D eigenvalue weighted by Crippen LogP contribution is -2.26. The van der Waals surface area contributed by atoms with Crippen LogP contribution in [0.5, 0.6) is 5.75 Å². The molecule has 7 heteroatoms.